The van der Waals surface area contributed by atoms with Crippen LogP contribution in [0.3, 0.4) is 0 Å². The monoisotopic (exact) mass is 198 g/mol. The molecule has 0 fully saturated rings. The van der Waals surface area contributed by atoms with Crippen molar-refractivity contribution >= 4 is 17.5 Å². The van der Waals surface area contributed by atoms with E-state index in [-0.39, 0.29) is 11.9 Å². The van der Waals surface area contributed by atoms with Crippen LogP contribution in [0.15, 0.2) is 0 Å². The number of esters is 1. The van der Waals surface area contributed by atoms with Crippen LogP contribution < -0.4 is 0 Å². The number of hydrogen-bond donors (Lipinski definition) is 0. The largest absolute Gasteiger partial charge is 0.469 e. The van der Waals surface area contributed by atoms with Gasteiger partial charge in [-0.25, -0.2) is 0 Å². The van der Waals surface area contributed by atoms with Gasteiger partial charge in [-0.1, -0.05) is 4.49 Å². The van der Waals surface area contributed by atoms with Crippen molar-refractivity contribution in [3.63, 3.8) is 0 Å². The summed E-state index contributed by atoms with van der Waals surface area (Å²) in [5.74, 6) is -0.0983. The lowest BCUT2D eigenvalue weighted by Gasteiger charge is -2.17. The fraction of sp³-hybridized carbons (Fsp3) is 0.625. The molecule has 5 heteroatoms. The molecule has 1 aromatic heterocycles. The van der Waals surface area contributed by atoms with Gasteiger partial charge in [0, 0.05) is 4.88 Å². The Balaban J connectivity index is 2.13. The number of methoxy groups -OCH3 is 1. The van der Waals surface area contributed by atoms with E-state index in [2.05, 4.69) is 9.59 Å². The topological polar surface area (TPSA) is 52.1 Å². The van der Waals surface area contributed by atoms with Gasteiger partial charge in [-0.05, 0) is 30.8 Å². The number of ether oxygens (including phenoxy) is 1. The second kappa shape index (κ2) is 3.41. The summed E-state index contributed by atoms with van der Waals surface area (Å²) in [4.78, 5) is 12.4. The molecule has 4 nitrogen and oxygen atoms in total. The smallest absolute Gasteiger partial charge is 0.309 e. The molecule has 1 atom stereocenters. The quantitative estimate of drug-likeness (QED) is 0.627. The van der Waals surface area contributed by atoms with E-state index in [0.29, 0.717) is 0 Å². The van der Waals surface area contributed by atoms with Gasteiger partial charge in [-0.3, -0.25) is 4.79 Å². The molecule has 1 aliphatic carbocycles. The van der Waals surface area contributed by atoms with Gasteiger partial charge in [0.1, 0.15) is 0 Å². The minimum atomic E-state index is -0.112. The number of rotatable bonds is 1. The maximum Gasteiger partial charge on any atom is 0.309 e. The molecule has 0 amide bonds. The third-order valence-corrected chi connectivity index (χ3v) is 3.12. The van der Waals surface area contributed by atoms with Gasteiger partial charge in [0.25, 0.3) is 0 Å². The van der Waals surface area contributed by atoms with Gasteiger partial charge in [0.2, 0.25) is 0 Å². The first-order valence-electron chi connectivity index (χ1n) is 4.19. The van der Waals surface area contributed by atoms with Crippen LogP contribution in [0.1, 0.15) is 17.0 Å². The van der Waals surface area contributed by atoms with E-state index in [0.717, 1.165) is 29.8 Å². The number of aryl methyl sites for hydroxylation is 1. The highest BCUT2D eigenvalue weighted by atomic mass is 32.1. The van der Waals surface area contributed by atoms with Crippen molar-refractivity contribution in [2.45, 2.75) is 19.3 Å². The molecular weight excluding hydrogens is 188 g/mol. The Morgan fingerprint density at radius 3 is 3.31 bits per heavy atom. The molecule has 13 heavy (non-hydrogen) atoms. The molecular formula is C8H10N2O2S. The Hall–Kier alpha value is -0.970. The normalized spacial score (nSPS) is 20.8. The summed E-state index contributed by atoms with van der Waals surface area (Å²) in [7, 11) is 1.43. The first-order valence-corrected chi connectivity index (χ1v) is 4.96. The molecule has 2 rings (SSSR count). The average molecular weight is 198 g/mol. The molecule has 0 aromatic carbocycles. The Bertz CT molecular complexity index is 324. The fourth-order valence-corrected chi connectivity index (χ4v) is 2.34. The highest BCUT2D eigenvalue weighted by Crippen LogP contribution is 2.26. The van der Waals surface area contributed by atoms with Crippen molar-refractivity contribution in [1.82, 2.24) is 9.59 Å². The lowest BCUT2D eigenvalue weighted by atomic mass is 9.91. The highest BCUT2D eigenvalue weighted by Gasteiger charge is 2.27. The first kappa shape index (κ1) is 8.62. The Labute approximate surface area is 80.1 Å². The van der Waals surface area contributed by atoms with Gasteiger partial charge in [-0.15, -0.1) is 5.10 Å². The van der Waals surface area contributed by atoms with E-state index >= 15 is 0 Å². The predicted octanol–water partition coefficient (Wildman–Crippen LogP) is 0.816. The summed E-state index contributed by atoms with van der Waals surface area (Å²) in [5, 5.41) is 3.99. The number of nitrogens with zero attached hydrogens (tertiary/aromatic N) is 2. The van der Waals surface area contributed by atoms with Crippen molar-refractivity contribution in [3.05, 3.63) is 10.6 Å². The summed E-state index contributed by atoms with van der Waals surface area (Å²) in [6, 6.07) is 0. The molecule has 1 aromatic rings. The van der Waals surface area contributed by atoms with Crippen LogP contribution in [0, 0.1) is 5.92 Å². The summed E-state index contributed by atoms with van der Waals surface area (Å²) in [6.45, 7) is 0. The third kappa shape index (κ3) is 1.56. The van der Waals surface area contributed by atoms with Crippen LogP contribution in [0.5, 0.6) is 0 Å². The molecule has 0 saturated heterocycles. The number of carbonyl (C=O) groups is 1. The van der Waals surface area contributed by atoms with E-state index in [9.17, 15) is 4.79 Å². The summed E-state index contributed by atoms with van der Waals surface area (Å²) < 4.78 is 8.57. The van der Waals surface area contributed by atoms with Crippen molar-refractivity contribution in [2.24, 2.45) is 5.92 Å². The van der Waals surface area contributed by atoms with E-state index in [1.165, 1.54) is 18.6 Å². The number of fused-ring (bicyclic) bond motifs is 1. The molecule has 0 saturated carbocycles. The van der Waals surface area contributed by atoms with Gasteiger partial charge >= 0.3 is 5.97 Å². The molecule has 0 bridgehead atoms. The van der Waals surface area contributed by atoms with Gasteiger partial charge in [-0.2, -0.15) is 0 Å². The van der Waals surface area contributed by atoms with E-state index in [1.54, 1.807) is 0 Å². The van der Waals surface area contributed by atoms with Crippen molar-refractivity contribution < 1.29 is 9.53 Å². The lowest BCUT2D eigenvalue weighted by molar-refractivity contribution is -0.145. The van der Waals surface area contributed by atoms with E-state index < -0.39 is 0 Å². The van der Waals surface area contributed by atoms with Gasteiger partial charge in [0.15, 0.2) is 0 Å². The van der Waals surface area contributed by atoms with Gasteiger partial charge in [0.05, 0.1) is 18.7 Å². The lowest BCUT2D eigenvalue weighted by Crippen LogP contribution is -2.22. The van der Waals surface area contributed by atoms with Crippen LogP contribution in [-0.4, -0.2) is 22.7 Å². The summed E-state index contributed by atoms with van der Waals surface area (Å²) in [6.07, 6.45) is 2.44. The molecule has 0 spiro atoms. The number of aromatic nitrogens is 2. The van der Waals surface area contributed by atoms with Crippen LogP contribution >= 0.6 is 11.5 Å². The maximum atomic E-state index is 11.2. The molecule has 0 radical (unpaired) electrons. The molecule has 1 aliphatic rings. The molecule has 0 unspecified atom stereocenters. The standard InChI is InChI=1S/C8H10N2O2S/c1-12-8(11)5-2-3-6-7(4-5)13-10-9-6/h5H,2-4H2,1H3/t5-/m0/s1. The number of hydrogen-bond acceptors (Lipinski definition) is 5. The zero-order valence-electron chi connectivity index (χ0n) is 7.32. The second-order valence-corrected chi connectivity index (χ2v) is 3.94. The third-order valence-electron chi connectivity index (χ3n) is 2.33. The van der Waals surface area contributed by atoms with E-state index in [1.807, 2.05) is 0 Å². The van der Waals surface area contributed by atoms with Crippen molar-refractivity contribution in [3.8, 4) is 0 Å². The molecule has 70 valence electrons. The molecule has 0 N–H and O–H groups in total. The highest BCUT2D eigenvalue weighted by molar-refractivity contribution is 7.05. The SMILES string of the molecule is COC(=O)[C@H]1CCc2nnsc2C1. The van der Waals surface area contributed by atoms with Crippen molar-refractivity contribution in [1.29, 1.82) is 0 Å². The van der Waals surface area contributed by atoms with E-state index in [4.69, 9.17) is 4.74 Å². The second-order valence-electron chi connectivity index (χ2n) is 3.11. The summed E-state index contributed by atoms with van der Waals surface area (Å²) in [5.41, 5.74) is 1.06. The van der Waals surface area contributed by atoms with Crippen LogP contribution in [0.4, 0.5) is 0 Å². The van der Waals surface area contributed by atoms with Crippen LogP contribution in [0.2, 0.25) is 0 Å². The molecule has 1 heterocycles. The van der Waals surface area contributed by atoms with Gasteiger partial charge < -0.3 is 4.74 Å². The average Bonchev–Trinajstić information content (AvgIpc) is 2.63. The van der Waals surface area contributed by atoms with Crippen LogP contribution in [0.25, 0.3) is 0 Å². The predicted molar refractivity (Wildman–Crippen MR) is 47.4 cm³/mol. The molecule has 0 aliphatic heterocycles. The Morgan fingerprint density at radius 2 is 2.54 bits per heavy atom. The van der Waals surface area contributed by atoms with Crippen LogP contribution in [-0.2, 0) is 22.4 Å². The number of carbonyl (C=O) groups excluding carboxylic acids is 1. The first-order chi connectivity index (χ1) is 6.31. The summed E-state index contributed by atoms with van der Waals surface area (Å²) >= 11 is 1.39. The zero-order chi connectivity index (χ0) is 9.26. The zero-order valence-corrected chi connectivity index (χ0v) is 8.13. The minimum absolute atomic E-state index is 0.0137. The van der Waals surface area contributed by atoms with Crippen molar-refractivity contribution in [2.75, 3.05) is 7.11 Å². The minimum Gasteiger partial charge on any atom is -0.469 e. The fourth-order valence-electron chi connectivity index (χ4n) is 1.58. The Morgan fingerprint density at radius 1 is 1.69 bits per heavy atom. The maximum absolute atomic E-state index is 11.2. The Kier molecular flexibility index (Phi) is 2.26.